The number of nitrogens with one attached hydrogen (secondary N) is 1. The molecule has 0 radical (unpaired) electrons. The van der Waals surface area contributed by atoms with Gasteiger partial charge in [-0.1, -0.05) is 60.3 Å². The van der Waals surface area contributed by atoms with Gasteiger partial charge in [-0.05, 0) is 30.7 Å². The van der Waals surface area contributed by atoms with E-state index in [2.05, 4.69) is 5.32 Å². The van der Waals surface area contributed by atoms with E-state index in [1.165, 1.54) is 22.4 Å². The van der Waals surface area contributed by atoms with Gasteiger partial charge in [0, 0.05) is 35.8 Å². The van der Waals surface area contributed by atoms with E-state index in [1.807, 2.05) is 48.2 Å². The van der Waals surface area contributed by atoms with E-state index < -0.39 is 11.4 Å². The van der Waals surface area contributed by atoms with E-state index in [1.54, 1.807) is 36.5 Å². The molecule has 3 aromatic rings. The number of aromatic nitrogens is 1. The molecule has 2 aromatic carbocycles. The lowest BCUT2D eigenvalue weighted by atomic mass is 10.2. The third-order valence-electron chi connectivity index (χ3n) is 5.15. The average molecular weight is 447 g/mol. The molecule has 7 nitrogen and oxygen atoms in total. The van der Waals surface area contributed by atoms with Gasteiger partial charge in [0.2, 0.25) is 0 Å². The molecule has 0 saturated carbocycles. The van der Waals surface area contributed by atoms with Gasteiger partial charge in [0.15, 0.2) is 5.50 Å². The van der Waals surface area contributed by atoms with Crippen LogP contribution in [0.2, 0.25) is 0 Å². The van der Waals surface area contributed by atoms with Gasteiger partial charge in [-0.25, -0.2) is 0 Å². The summed E-state index contributed by atoms with van der Waals surface area (Å²) in [5.41, 5.74) is 7.48. The first-order chi connectivity index (χ1) is 15.4. The fraction of sp³-hybridized carbons (Fsp3) is 0.125. The van der Waals surface area contributed by atoms with Gasteiger partial charge in [-0.15, -0.1) is 0 Å². The number of benzene rings is 2. The first kappa shape index (κ1) is 21.5. The van der Waals surface area contributed by atoms with Crippen LogP contribution in [0.25, 0.3) is 0 Å². The number of hydrogen-bond donors (Lipinski definition) is 2. The van der Waals surface area contributed by atoms with Gasteiger partial charge in [0.25, 0.3) is 17.4 Å². The third kappa shape index (κ3) is 4.45. The van der Waals surface area contributed by atoms with Crippen LogP contribution in [0, 0.1) is 0 Å². The molecule has 4 rings (SSSR count). The van der Waals surface area contributed by atoms with Gasteiger partial charge in [0.1, 0.15) is 0 Å². The molecule has 0 spiro atoms. The Morgan fingerprint density at radius 1 is 1.03 bits per heavy atom. The number of carbonyl (C=O) groups excluding carboxylic acids is 2. The maximum Gasteiger partial charge on any atom is 0.257 e. The molecular formula is C24H22N4O3S. The van der Waals surface area contributed by atoms with Gasteiger partial charge < -0.3 is 16.0 Å². The zero-order chi connectivity index (χ0) is 22.7. The maximum atomic E-state index is 13.0. The highest BCUT2D eigenvalue weighted by Gasteiger charge is 2.34. The SMILES string of the molecule is CC1=C(C(N)=O)SC(n2ccc(NC(=O)c3ccccc3)cc2=O)N1Cc1ccccc1. The van der Waals surface area contributed by atoms with Gasteiger partial charge >= 0.3 is 0 Å². The monoisotopic (exact) mass is 446 g/mol. The highest BCUT2D eigenvalue weighted by atomic mass is 32.2. The zero-order valence-electron chi connectivity index (χ0n) is 17.4. The summed E-state index contributed by atoms with van der Waals surface area (Å²) in [6.07, 6.45) is 1.62. The van der Waals surface area contributed by atoms with Crippen molar-refractivity contribution in [2.75, 3.05) is 5.32 Å². The molecule has 0 bridgehead atoms. The van der Waals surface area contributed by atoms with Crippen LogP contribution in [0.5, 0.6) is 0 Å². The van der Waals surface area contributed by atoms with Gasteiger partial charge in [0.05, 0.1) is 4.91 Å². The number of primary amides is 1. The van der Waals surface area contributed by atoms with Crippen molar-refractivity contribution in [1.82, 2.24) is 9.47 Å². The largest absolute Gasteiger partial charge is 0.365 e. The molecule has 0 saturated heterocycles. The first-order valence-electron chi connectivity index (χ1n) is 10.0. The molecule has 8 heteroatoms. The number of rotatable bonds is 6. The van der Waals surface area contributed by atoms with Crippen molar-refractivity contribution in [3.63, 3.8) is 0 Å². The Bertz CT molecular complexity index is 1240. The second-order valence-corrected chi connectivity index (χ2v) is 8.38. The topological polar surface area (TPSA) is 97.4 Å². The third-order valence-corrected chi connectivity index (χ3v) is 6.57. The summed E-state index contributed by atoms with van der Waals surface area (Å²) >= 11 is 1.24. The van der Waals surface area contributed by atoms with Crippen LogP contribution < -0.4 is 16.6 Å². The van der Waals surface area contributed by atoms with Crippen LogP contribution in [0.3, 0.4) is 0 Å². The van der Waals surface area contributed by atoms with Crippen molar-refractivity contribution in [1.29, 1.82) is 0 Å². The summed E-state index contributed by atoms with van der Waals surface area (Å²) in [6.45, 7) is 2.34. The predicted molar refractivity (Wildman–Crippen MR) is 126 cm³/mol. The molecule has 3 N–H and O–H groups in total. The van der Waals surface area contributed by atoms with E-state index in [9.17, 15) is 14.4 Å². The summed E-state index contributed by atoms with van der Waals surface area (Å²) in [5, 5.41) is 2.75. The van der Waals surface area contributed by atoms with Gasteiger partial charge in [-0.3, -0.25) is 19.0 Å². The minimum absolute atomic E-state index is 0.294. The highest BCUT2D eigenvalue weighted by Crippen LogP contribution is 2.44. The predicted octanol–water partition coefficient (Wildman–Crippen LogP) is 3.52. The molecule has 32 heavy (non-hydrogen) atoms. The number of thioether (sulfide) groups is 1. The van der Waals surface area contributed by atoms with Crippen molar-refractivity contribution in [2.45, 2.75) is 19.0 Å². The molecule has 1 aliphatic rings. The Labute approximate surface area is 189 Å². The van der Waals surface area contributed by atoms with E-state index in [4.69, 9.17) is 5.73 Å². The Morgan fingerprint density at radius 3 is 2.31 bits per heavy atom. The lowest BCUT2D eigenvalue weighted by Gasteiger charge is -2.29. The normalized spacial score (nSPS) is 15.7. The second-order valence-electron chi connectivity index (χ2n) is 7.32. The van der Waals surface area contributed by atoms with Crippen LogP contribution in [0.4, 0.5) is 5.69 Å². The van der Waals surface area contributed by atoms with E-state index in [-0.39, 0.29) is 11.5 Å². The van der Waals surface area contributed by atoms with Crippen molar-refractivity contribution in [3.05, 3.63) is 111 Å². The fourth-order valence-electron chi connectivity index (χ4n) is 3.51. The minimum atomic E-state index is -0.521. The molecule has 2 amide bonds. The number of nitrogens with two attached hydrogens (primary N) is 1. The summed E-state index contributed by atoms with van der Waals surface area (Å²) < 4.78 is 1.53. The number of allylic oxidation sites excluding steroid dienone is 1. The summed E-state index contributed by atoms with van der Waals surface area (Å²) in [6, 6.07) is 21.6. The number of anilines is 1. The molecule has 2 heterocycles. The van der Waals surface area contributed by atoms with Gasteiger partial charge in [-0.2, -0.15) is 0 Å². The molecular weight excluding hydrogens is 424 g/mol. The Hall–Kier alpha value is -3.78. The van der Waals surface area contributed by atoms with E-state index in [0.717, 1.165) is 11.3 Å². The lowest BCUT2D eigenvalue weighted by Crippen LogP contribution is -2.32. The van der Waals surface area contributed by atoms with E-state index in [0.29, 0.717) is 22.7 Å². The zero-order valence-corrected chi connectivity index (χ0v) is 18.2. The van der Waals surface area contributed by atoms with Crippen LogP contribution in [-0.4, -0.2) is 21.3 Å². The quantitative estimate of drug-likeness (QED) is 0.604. The maximum absolute atomic E-state index is 13.0. The van der Waals surface area contributed by atoms with Crippen molar-refractivity contribution >= 4 is 29.3 Å². The summed E-state index contributed by atoms with van der Waals surface area (Å²) in [5.74, 6) is -0.815. The average Bonchev–Trinajstić information content (AvgIpc) is 3.11. The molecule has 162 valence electrons. The minimum Gasteiger partial charge on any atom is -0.365 e. The van der Waals surface area contributed by atoms with Crippen molar-refractivity contribution in [3.8, 4) is 0 Å². The number of hydrogen-bond acceptors (Lipinski definition) is 5. The molecule has 1 aromatic heterocycles. The van der Waals surface area contributed by atoms with Crippen LogP contribution >= 0.6 is 11.8 Å². The number of carbonyl (C=O) groups is 2. The van der Waals surface area contributed by atoms with Crippen molar-refractivity contribution < 1.29 is 9.59 Å². The lowest BCUT2D eigenvalue weighted by molar-refractivity contribution is -0.114. The van der Waals surface area contributed by atoms with Crippen molar-refractivity contribution in [2.24, 2.45) is 5.73 Å². The number of pyridine rings is 1. The van der Waals surface area contributed by atoms with Crippen LogP contribution in [0.15, 0.2) is 94.4 Å². The van der Waals surface area contributed by atoms with Crippen LogP contribution in [0.1, 0.15) is 28.3 Å². The standard InChI is InChI=1S/C24H22N4O3S/c1-16-21(22(25)30)32-24(28(16)15-17-8-4-2-5-9-17)27-13-12-19(14-20(27)29)26-23(31)18-10-6-3-7-11-18/h2-14,24H,15H2,1H3,(H2,25,30)(H,26,31). The molecule has 1 unspecified atom stereocenters. The summed E-state index contributed by atoms with van der Waals surface area (Å²) in [4.78, 5) is 39.7. The highest BCUT2D eigenvalue weighted by molar-refractivity contribution is 8.04. The van der Waals surface area contributed by atoms with Crippen LogP contribution in [-0.2, 0) is 11.3 Å². The summed E-state index contributed by atoms with van der Waals surface area (Å²) in [7, 11) is 0. The number of amides is 2. The van der Waals surface area contributed by atoms with E-state index >= 15 is 0 Å². The fourth-order valence-corrected chi connectivity index (χ4v) is 4.78. The number of nitrogens with zero attached hydrogens (tertiary/aromatic N) is 2. The smallest absolute Gasteiger partial charge is 0.257 e. The molecule has 0 aliphatic carbocycles. The Morgan fingerprint density at radius 2 is 1.69 bits per heavy atom. The molecule has 0 fully saturated rings. The second kappa shape index (κ2) is 9.15. The Balaban J connectivity index is 1.60. The first-order valence-corrected chi connectivity index (χ1v) is 10.9. The molecule has 1 aliphatic heterocycles. The Kier molecular flexibility index (Phi) is 6.13. The molecule has 1 atom stereocenters.